The third-order valence-corrected chi connectivity index (χ3v) is 22.8. The molecule has 7 heterocycles. The standard InChI is InChI=1S/C35H46ClN5O9S.C16H18BClN2O5.C10H7Cl2NO.C10H9ClNO2.C10H8ClNO.Cl3OP/c1-9-20-17-35(20,31(44)40-51(46,47)23-11-12-23)39-28(42)25-16-22(49-29-24-13-10-21(48-8)14-19(24)15-26(36)37-29)18-41(25)30(43)27(33(2,3)4)38-32(45)50-34(5,6)7;1-17(23)20-8-11(7-13(20)16(21)22)25-15-12-4-3-10(24-2)5-9(12)6-14(18)19-15;1-14-7-2-3-8-6(4-7)5-9(11)13-10(8)12;1-14-8-2-3-9-7(6-8)4-5-12(13)10(9)11;1-13-8-2-3-9-7(6-8)4-5-12-10(9)11;1-5(2,3)4/h9-10,13-15,20,22-23,25,27H,1,11-12,16-18H2,2-8H3,(H,38,45)(H,39,42)(H,40,44);3-6,11,13,23H,7-8H2,1-2H3,(H,21,22);2-5H,1H3;2-6,13H,1H3;2-6H,1H3;/q;;;+1;;/t20-,22-,25+,27-,35-;11-,13+;;;;/m11..../s1. The van der Waals surface area contributed by atoms with Crippen LogP contribution in [0.15, 0.2) is 146 Å². The van der Waals surface area contributed by atoms with E-state index in [1.54, 1.807) is 131 Å². The highest BCUT2D eigenvalue weighted by Gasteiger charge is 2.62. The van der Waals surface area contributed by atoms with E-state index in [2.05, 4.69) is 75.6 Å². The quantitative estimate of drug-likeness (QED) is 0.0109. The molecule has 7 atom stereocenters. The first-order valence-electron chi connectivity index (χ1n) is 37.3. The van der Waals surface area contributed by atoms with Gasteiger partial charge in [-0.3, -0.25) is 33.7 Å². The second-order valence-corrected chi connectivity index (χ2v) is 41.1. The number of sulfonamides is 1. The molecule has 0 unspecified atom stereocenters. The van der Waals surface area contributed by atoms with Gasteiger partial charge in [0.25, 0.3) is 5.91 Å². The fourth-order valence-electron chi connectivity index (χ4n) is 13.2. The number of carboxylic acid groups (broad SMARTS) is 1. The predicted molar refractivity (Wildman–Crippen MR) is 474 cm³/mol. The van der Waals surface area contributed by atoms with Crippen molar-refractivity contribution in [2.24, 2.45) is 11.3 Å². The molecule has 2 saturated heterocycles. The van der Waals surface area contributed by atoms with Crippen LogP contribution in [-0.4, -0.2) is 186 Å². The van der Waals surface area contributed by atoms with E-state index in [9.17, 15) is 52.3 Å². The number of carboxylic acids is 1. The predicted octanol–water partition coefficient (Wildman–Crippen LogP) is 17.1. The zero-order chi connectivity index (χ0) is 89.8. The number of nitrogens with one attached hydrogen (secondary N) is 3. The summed E-state index contributed by atoms with van der Waals surface area (Å²) in [6.45, 7) is 15.9. The Labute approximate surface area is 748 Å². The molecule has 0 bridgehead atoms. The van der Waals surface area contributed by atoms with Crippen molar-refractivity contribution in [1.82, 2.24) is 45.0 Å². The van der Waals surface area contributed by atoms with Crippen molar-refractivity contribution in [1.29, 1.82) is 0 Å². The summed E-state index contributed by atoms with van der Waals surface area (Å²) < 4.78 is 81.4. The van der Waals surface area contributed by atoms with E-state index in [0.717, 1.165) is 65.1 Å². The molecule has 10 aromatic rings. The molecule has 14 rings (SSSR count). The number of alkyl carbamates (subject to hydrolysis) is 1. The summed E-state index contributed by atoms with van der Waals surface area (Å²) in [7, 11) is 3.21. The van der Waals surface area contributed by atoms with Gasteiger partial charge in [-0.05, 0) is 240 Å². The molecule has 0 spiro atoms. The first kappa shape index (κ1) is 97.0. The fourth-order valence-corrected chi connectivity index (χ4v) is 15.9. The number of benzene rings is 5. The van der Waals surface area contributed by atoms with E-state index in [1.807, 2.05) is 66.7 Å². The minimum Gasteiger partial charge on any atom is -0.497 e. The zero-order valence-electron chi connectivity index (χ0n) is 67.8. The summed E-state index contributed by atoms with van der Waals surface area (Å²) in [6.07, 6.45) is 3.91. The number of hydrogen-bond donors (Lipinski definition) is 6. The van der Waals surface area contributed by atoms with Crippen molar-refractivity contribution in [2.45, 2.75) is 127 Å². The molecule has 2 saturated carbocycles. The van der Waals surface area contributed by atoms with E-state index < -0.39 is 110 Å². The minimum atomic E-state index is -3.91. The number of rotatable bonds is 19. The van der Waals surface area contributed by atoms with E-state index in [4.69, 9.17) is 108 Å². The van der Waals surface area contributed by atoms with Gasteiger partial charge in [0.05, 0.1) is 52.7 Å². The molecule has 4 aliphatic rings. The summed E-state index contributed by atoms with van der Waals surface area (Å²) in [4.78, 5) is 85.8. The van der Waals surface area contributed by atoms with Gasteiger partial charge >= 0.3 is 29.5 Å². The molecular weight excluding hydrogens is 1810 g/mol. The van der Waals surface area contributed by atoms with Crippen LogP contribution < -0.4 is 53.2 Å². The van der Waals surface area contributed by atoms with Crippen LogP contribution in [-0.2, 0) is 38.5 Å². The molecule has 0 radical (unpaired) electrons. The summed E-state index contributed by atoms with van der Waals surface area (Å²) >= 11 is 49.8. The van der Waals surface area contributed by atoms with Gasteiger partial charge in [-0.15, -0.1) is 6.58 Å². The number of aromatic nitrogens is 5. The van der Waals surface area contributed by atoms with Gasteiger partial charge < -0.3 is 68.4 Å². The van der Waals surface area contributed by atoms with Crippen LogP contribution in [0.5, 0.6) is 40.5 Å². The Balaban J connectivity index is 0.000000194. The maximum Gasteiger partial charge on any atom is 0.408 e. The number of halogens is 9. The zero-order valence-corrected chi connectivity index (χ0v) is 76.3. The number of hydrogen-bond acceptors (Lipinski definition) is 23. The lowest BCUT2D eigenvalue weighted by atomic mass is 9.84. The second kappa shape index (κ2) is 41.3. The molecular formula is C81H88BCl9N10O19PS+. The van der Waals surface area contributed by atoms with Crippen molar-refractivity contribution in [3.05, 3.63) is 177 Å². The molecule has 2 aliphatic heterocycles. The topological polar surface area (TPSA) is 369 Å². The number of fused-ring (bicyclic) bond motifs is 5. The van der Waals surface area contributed by atoms with E-state index in [1.165, 1.54) is 35.9 Å². The van der Waals surface area contributed by atoms with Crippen LogP contribution in [0, 0.1) is 11.3 Å². The smallest absolute Gasteiger partial charge is 0.408 e. The lowest BCUT2D eigenvalue weighted by molar-refractivity contribution is -0.902. The largest absolute Gasteiger partial charge is 0.497 e. The molecule has 4 fully saturated rings. The van der Waals surface area contributed by atoms with Gasteiger partial charge in [-0.1, -0.05) is 84.9 Å². The molecule has 122 heavy (non-hydrogen) atoms. The summed E-state index contributed by atoms with van der Waals surface area (Å²) in [5, 5.41) is 40.4. The molecule has 2 aliphatic carbocycles. The molecule has 41 heteroatoms. The monoisotopic (exact) mass is 1890 g/mol. The number of ether oxygens (including phenoxy) is 8. The molecule has 6 N–H and O–H groups in total. The van der Waals surface area contributed by atoms with Crippen LogP contribution in [0.2, 0.25) is 37.7 Å². The number of carbonyl (C=O) groups excluding carboxylic acids is 4. The van der Waals surface area contributed by atoms with Gasteiger partial charge in [0, 0.05) is 63.8 Å². The van der Waals surface area contributed by atoms with E-state index in [-0.39, 0.29) is 42.0 Å². The van der Waals surface area contributed by atoms with Gasteiger partial charge in [-0.2, -0.15) is 0 Å². The third kappa shape index (κ3) is 25.9. The SMILES string of the molecule is C=C[C@@H]1C[C@]1(NC(=O)[C@@H]1C[C@@H](Oc2nc(Cl)cc3cc(OC)ccc23)CN1C(=O)[C@@H](NC(=O)OC(C)(C)C)C(C)(C)C)C(=O)NS(=O)(=O)C1CC1.COc1ccc2c(Cl)[n+](O)ccc2c1.COc1ccc2c(Cl)nc(Cl)cc2c1.COc1ccc2c(Cl)nccc2c1.COc1ccc2c(O[C@@H]3C[C@@H](C(=O)O)N(B(C)O)C3)nc(Cl)cc2c1.O=P(Cl)(Cl)Cl. The number of pyridine rings is 5. The molecule has 29 nitrogen and oxygen atoms in total. The van der Waals surface area contributed by atoms with Crippen molar-refractivity contribution in [2.75, 3.05) is 48.6 Å². The number of carbonyl (C=O) groups is 5. The van der Waals surface area contributed by atoms with Gasteiger partial charge in [0.1, 0.15) is 96.0 Å². The number of methoxy groups -OCH3 is 5. The number of amides is 4. The maximum absolute atomic E-state index is 14.4. The molecule has 5 aromatic carbocycles. The Morgan fingerprint density at radius 2 is 1.07 bits per heavy atom. The van der Waals surface area contributed by atoms with E-state index >= 15 is 0 Å². The number of likely N-dealkylation sites (tertiary alicyclic amines) is 1. The normalized spacial score (nSPS) is 18.2. The second-order valence-electron chi connectivity index (χ2n) is 30.3. The molecule has 652 valence electrons. The number of aliphatic carboxylic acids is 1. The fraction of sp³-hybridized carbons (Fsp3) is 0.358. The lowest BCUT2D eigenvalue weighted by Gasteiger charge is -2.36. The Morgan fingerprint density at radius 3 is 1.50 bits per heavy atom. The highest BCUT2D eigenvalue weighted by molar-refractivity contribution is 8.24. The summed E-state index contributed by atoms with van der Waals surface area (Å²) in [5.41, 5.74) is -3.24. The summed E-state index contributed by atoms with van der Waals surface area (Å²) in [5.74, 6) is 0.499. The van der Waals surface area contributed by atoms with Crippen molar-refractivity contribution in [3.8, 4) is 40.5 Å². The Kier molecular flexibility index (Phi) is 32.9. The minimum absolute atomic E-state index is 0.0243. The van der Waals surface area contributed by atoms with Gasteiger partial charge in [0.15, 0.2) is 0 Å². The lowest BCUT2D eigenvalue weighted by Crippen LogP contribution is -2.60. The van der Waals surface area contributed by atoms with Crippen LogP contribution in [0.3, 0.4) is 0 Å². The highest BCUT2D eigenvalue weighted by atomic mass is 36.0. The van der Waals surface area contributed by atoms with Crippen molar-refractivity contribution >= 4 is 209 Å². The van der Waals surface area contributed by atoms with Crippen molar-refractivity contribution < 1.29 is 94.9 Å². The van der Waals surface area contributed by atoms with Crippen molar-refractivity contribution in [3.63, 3.8) is 0 Å². The van der Waals surface area contributed by atoms with Crippen LogP contribution in [0.4, 0.5) is 4.79 Å². The average Bonchev–Trinajstić information content (AvgIpc) is 1.57. The first-order chi connectivity index (χ1) is 57.3. The Morgan fingerprint density at radius 1 is 0.631 bits per heavy atom. The molecule has 5 aromatic heterocycles. The van der Waals surface area contributed by atoms with E-state index in [0.29, 0.717) is 68.2 Å². The van der Waals surface area contributed by atoms with Gasteiger partial charge in [-0.25, -0.2) is 33.1 Å². The first-order valence-corrected chi connectivity index (χ1v) is 45.6. The molecule has 4 amide bonds. The summed E-state index contributed by atoms with van der Waals surface area (Å²) in [6, 6.07) is 33.1. The third-order valence-electron chi connectivity index (χ3n) is 19.4. The highest BCUT2D eigenvalue weighted by Crippen LogP contribution is 2.61. The van der Waals surface area contributed by atoms with Gasteiger partial charge in [0.2, 0.25) is 39.8 Å². The average molecular weight is 1900 g/mol. The maximum atomic E-state index is 14.4. The Bertz CT molecular complexity index is 5720. The van der Waals surface area contributed by atoms with Crippen LogP contribution in [0.1, 0.15) is 73.6 Å². The van der Waals surface area contributed by atoms with Crippen LogP contribution >= 0.6 is 109 Å². The number of nitrogens with zero attached hydrogens (tertiary/aromatic N) is 7. The van der Waals surface area contributed by atoms with Crippen LogP contribution in [0.25, 0.3) is 53.9 Å². The Hall–Kier alpha value is -8.79.